The van der Waals surface area contributed by atoms with Crippen LogP contribution in [0, 0.1) is 16.7 Å². The van der Waals surface area contributed by atoms with Gasteiger partial charge in [-0.3, -0.25) is 9.59 Å². The first-order chi connectivity index (χ1) is 13.1. The van der Waals surface area contributed by atoms with Crippen molar-refractivity contribution in [1.82, 2.24) is 0 Å². The molecule has 7 heteroatoms. The molecule has 0 aromatic rings. The van der Waals surface area contributed by atoms with Crippen molar-refractivity contribution in [1.29, 1.82) is 0 Å². The molecule has 0 saturated carbocycles. The normalized spacial score (nSPS) is 21.5. The van der Waals surface area contributed by atoms with E-state index >= 15 is 0 Å². The van der Waals surface area contributed by atoms with Crippen molar-refractivity contribution < 1.29 is 33.3 Å². The lowest BCUT2D eigenvalue weighted by atomic mass is 9.84. The molecule has 0 bridgehead atoms. The minimum atomic E-state index is -0.687. The third-order valence-electron chi connectivity index (χ3n) is 5.67. The van der Waals surface area contributed by atoms with Gasteiger partial charge < -0.3 is 18.9 Å². The van der Waals surface area contributed by atoms with Gasteiger partial charge in [0.05, 0.1) is 36.6 Å². The molecule has 28 heavy (non-hydrogen) atoms. The molecular formula is C21H36O7. The standard InChI is InChI=1S/C11H20O3.C10H16O4/c1-4-9(3)10(12)14-8-11(5-2)6-13-7-11;1-4-10(2,3)9(12)14-7-5-6-13-8(7)11/h9H,4-8H2,1-3H3;7H,4-6H2,1-3H3. The lowest BCUT2D eigenvalue weighted by Crippen LogP contribution is -2.46. The van der Waals surface area contributed by atoms with E-state index in [2.05, 4.69) is 6.92 Å². The van der Waals surface area contributed by atoms with Crippen LogP contribution >= 0.6 is 0 Å². The van der Waals surface area contributed by atoms with Gasteiger partial charge in [0.15, 0.2) is 0 Å². The molecule has 0 aliphatic carbocycles. The number of ether oxygens (including phenoxy) is 4. The van der Waals surface area contributed by atoms with Gasteiger partial charge in [0.2, 0.25) is 6.10 Å². The number of hydrogen-bond acceptors (Lipinski definition) is 7. The van der Waals surface area contributed by atoms with E-state index in [9.17, 15) is 14.4 Å². The van der Waals surface area contributed by atoms with Crippen molar-refractivity contribution >= 4 is 17.9 Å². The van der Waals surface area contributed by atoms with Crippen molar-refractivity contribution in [3.05, 3.63) is 0 Å². The van der Waals surface area contributed by atoms with Gasteiger partial charge in [-0.15, -0.1) is 0 Å². The van der Waals surface area contributed by atoms with Crippen LogP contribution in [0.3, 0.4) is 0 Å². The molecule has 0 N–H and O–H groups in total. The van der Waals surface area contributed by atoms with Crippen LogP contribution in [0.2, 0.25) is 0 Å². The summed E-state index contributed by atoms with van der Waals surface area (Å²) in [5.74, 6) is -0.814. The largest absolute Gasteiger partial charge is 0.465 e. The highest BCUT2D eigenvalue weighted by atomic mass is 16.6. The molecule has 2 rings (SSSR count). The fraction of sp³-hybridized carbons (Fsp3) is 0.857. The molecular weight excluding hydrogens is 364 g/mol. The quantitative estimate of drug-likeness (QED) is 0.456. The Balaban J connectivity index is 0.000000280. The molecule has 0 spiro atoms. The molecule has 2 heterocycles. The summed E-state index contributed by atoms with van der Waals surface area (Å²) in [5.41, 5.74) is -0.411. The molecule has 2 aliphatic heterocycles. The summed E-state index contributed by atoms with van der Waals surface area (Å²) >= 11 is 0. The van der Waals surface area contributed by atoms with E-state index in [-0.39, 0.29) is 23.3 Å². The van der Waals surface area contributed by atoms with Gasteiger partial charge >= 0.3 is 17.9 Å². The minimum Gasteiger partial charge on any atom is -0.465 e. The van der Waals surface area contributed by atoms with Crippen LogP contribution in [0.5, 0.6) is 0 Å². The average Bonchev–Trinajstić information content (AvgIpc) is 3.05. The van der Waals surface area contributed by atoms with E-state index in [4.69, 9.17) is 18.9 Å². The maximum Gasteiger partial charge on any atom is 0.347 e. The predicted octanol–water partition coefficient (Wildman–Crippen LogP) is 3.28. The van der Waals surface area contributed by atoms with E-state index < -0.39 is 17.5 Å². The lowest BCUT2D eigenvalue weighted by molar-refractivity contribution is -0.173. The third kappa shape index (κ3) is 6.76. The first-order valence-corrected chi connectivity index (χ1v) is 10.2. The Hall–Kier alpha value is -1.63. The van der Waals surface area contributed by atoms with Crippen LogP contribution < -0.4 is 0 Å². The average molecular weight is 401 g/mol. The Morgan fingerprint density at radius 3 is 2.29 bits per heavy atom. The summed E-state index contributed by atoms with van der Waals surface area (Å²) in [6.07, 6.45) is 2.33. The Morgan fingerprint density at radius 2 is 1.89 bits per heavy atom. The molecule has 7 nitrogen and oxygen atoms in total. The van der Waals surface area contributed by atoms with Crippen molar-refractivity contribution in [3.63, 3.8) is 0 Å². The maximum atomic E-state index is 11.6. The molecule has 2 unspecified atom stereocenters. The van der Waals surface area contributed by atoms with Gasteiger partial charge in [0, 0.05) is 6.42 Å². The third-order valence-corrected chi connectivity index (χ3v) is 5.67. The van der Waals surface area contributed by atoms with Crippen molar-refractivity contribution in [2.75, 3.05) is 26.4 Å². The molecule has 0 amide bonds. The second-order valence-corrected chi connectivity index (χ2v) is 8.35. The zero-order valence-corrected chi connectivity index (χ0v) is 18.2. The van der Waals surface area contributed by atoms with Crippen molar-refractivity contribution in [2.45, 2.75) is 73.3 Å². The summed E-state index contributed by atoms with van der Waals surface area (Å²) in [4.78, 5) is 34.0. The SMILES string of the molecule is CCC(C)(C)C(=O)OC1CCOC1=O.CCC(C)C(=O)OCC1(CC)COC1. The van der Waals surface area contributed by atoms with Crippen LogP contribution in [0.15, 0.2) is 0 Å². The van der Waals surface area contributed by atoms with Gasteiger partial charge in [-0.2, -0.15) is 0 Å². The topological polar surface area (TPSA) is 88.1 Å². The molecule has 2 saturated heterocycles. The first kappa shape index (κ1) is 24.4. The highest BCUT2D eigenvalue weighted by molar-refractivity contribution is 5.82. The smallest absolute Gasteiger partial charge is 0.347 e. The second-order valence-electron chi connectivity index (χ2n) is 8.35. The zero-order chi connectivity index (χ0) is 21.4. The van der Waals surface area contributed by atoms with Crippen LogP contribution in [0.1, 0.15) is 67.2 Å². The molecule has 2 aliphatic rings. The maximum absolute atomic E-state index is 11.6. The summed E-state index contributed by atoms with van der Waals surface area (Å²) in [5, 5.41) is 0. The summed E-state index contributed by atoms with van der Waals surface area (Å²) in [6, 6.07) is 0. The van der Waals surface area contributed by atoms with Crippen LogP contribution in [0.25, 0.3) is 0 Å². The van der Waals surface area contributed by atoms with Gasteiger partial charge in [0.25, 0.3) is 0 Å². The molecule has 2 atom stereocenters. The van der Waals surface area contributed by atoms with E-state index in [1.54, 1.807) is 13.8 Å². The molecule has 0 aromatic heterocycles. The van der Waals surface area contributed by atoms with Crippen LogP contribution in [0.4, 0.5) is 0 Å². The van der Waals surface area contributed by atoms with Crippen molar-refractivity contribution in [3.8, 4) is 0 Å². The number of carbonyl (C=O) groups is 3. The van der Waals surface area contributed by atoms with Crippen LogP contribution in [-0.2, 0) is 33.3 Å². The van der Waals surface area contributed by atoms with E-state index in [0.717, 1.165) is 26.1 Å². The number of hydrogen-bond donors (Lipinski definition) is 0. The summed E-state index contributed by atoms with van der Waals surface area (Å²) in [7, 11) is 0. The summed E-state index contributed by atoms with van der Waals surface area (Å²) in [6.45, 7) is 13.9. The molecule has 0 aromatic carbocycles. The monoisotopic (exact) mass is 400 g/mol. The molecule has 2 fully saturated rings. The van der Waals surface area contributed by atoms with E-state index in [1.165, 1.54) is 0 Å². The highest BCUT2D eigenvalue weighted by Gasteiger charge is 2.38. The Kier molecular flexibility index (Phi) is 9.40. The van der Waals surface area contributed by atoms with Gasteiger partial charge in [0.1, 0.15) is 6.61 Å². The number of esters is 3. The van der Waals surface area contributed by atoms with E-state index in [1.807, 2.05) is 20.8 Å². The Bertz CT molecular complexity index is 531. The highest BCUT2D eigenvalue weighted by Crippen LogP contribution is 2.31. The van der Waals surface area contributed by atoms with Gasteiger partial charge in [-0.25, -0.2) is 4.79 Å². The number of cyclic esters (lactones) is 1. The first-order valence-electron chi connectivity index (χ1n) is 10.2. The summed E-state index contributed by atoms with van der Waals surface area (Å²) < 4.78 is 20.2. The van der Waals surface area contributed by atoms with Gasteiger partial charge in [-0.05, 0) is 33.1 Å². The Morgan fingerprint density at radius 1 is 1.25 bits per heavy atom. The number of rotatable bonds is 8. The van der Waals surface area contributed by atoms with Gasteiger partial charge in [-0.1, -0.05) is 27.7 Å². The Labute approximate surface area is 168 Å². The van der Waals surface area contributed by atoms with E-state index in [0.29, 0.717) is 26.1 Å². The van der Waals surface area contributed by atoms with Crippen molar-refractivity contribution in [2.24, 2.45) is 16.7 Å². The fourth-order valence-corrected chi connectivity index (χ4v) is 2.33. The number of carbonyl (C=O) groups excluding carboxylic acids is 3. The second kappa shape index (κ2) is 10.8. The zero-order valence-electron chi connectivity index (χ0n) is 18.2. The fourth-order valence-electron chi connectivity index (χ4n) is 2.33. The molecule has 0 radical (unpaired) electrons. The minimum absolute atomic E-state index is 0.0184. The molecule has 162 valence electrons. The predicted molar refractivity (Wildman–Crippen MR) is 103 cm³/mol. The lowest BCUT2D eigenvalue weighted by Gasteiger charge is -2.40. The van der Waals surface area contributed by atoms with Crippen LogP contribution in [-0.4, -0.2) is 50.4 Å².